The van der Waals surface area contributed by atoms with Crippen LogP contribution in [0.15, 0.2) is 6.20 Å². The summed E-state index contributed by atoms with van der Waals surface area (Å²) >= 11 is 0. The number of nitrogens with one attached hydrogen (secondary N) is 1. The molecule has 7 heteroatoms. The van der Waals surface area contributed by atoms with Crippen LogP contribution in [0, 0.1) is 0 Å². The number of imidazole rings is 1. The number of H-pyrrole nitrogens is 1. The smallest absolute Gasteiger partial charge is 0.371 e. The van der Waals surface area contributed by atoms with Crippen molar-refractivity contribution in [3.8, 4) is 0 Å². The van der Waals surface area contributed by atoms with Crippen LogP contribution in [0.1, 0.15) is 10.6 Å². The molecule has 0 atom stereocenters. The Kier molecular flexibility index (Phi) is 1.87. The Morgan fingerprint density at radius 2 is 2.27 bits per heavy atom. The average Bonchev–Trinajstić information content (AvgIpc) is 2.33. The summed E-state index contributed by atoms with van der Waals surface area (Å²) < 4.78 is 20.4. The van der Waals surface area contributed by atoms with E-state index in [4.69, 9.17) is 5.11 Å². The van der Waals surface area contributed by atoms with Crippen molar-refractivity contribution in [1.82, 2.24) is 9.97 Å². The highest BCUT2D eigenvalue weighted by Crippen LogP contribution is 2.00. The molecule has 11 heavy (non-hydrogen) atoms. The molecule has 0 bridgehead atoms. The minimum Gasteiger partial charge on any atom is -0.475 e. The third-order valence-electron chi connectivity index (χ3n) is 0.962. The van der Waals surface area contributed by atoms with E-state index in [0.717, 1.165) is 6.20 Å². The Morgan fingerprint density at radius 1 is 1.64 bits per heavy atom. The molecular formula is C4H3N2O4P. The zero-order chi connectivity index (χ0) is 8.43. The second-order valence-electron chi connectivity index (χ2n) is 1.68. The molecule has 0 aromatic carbocycles. The molecule has 0 radical (unpaired) electrons. The molecule has 0 unspecified atom stereocenters. The van der Waals surface area contributed by atoms with Gasteiger partial charge in [0.15, 0.2) is 5.44 Å². The number of rotatable bonds is 2. The highest BCUT2D eigenvalue weighted by atomic mass is 31.1. The lowest BCUT2D eigenvalue weighted by Gasteiger charge is -1.80. The van der Waals surface area contributed by atoms with Gasteiger partial charge in [0.2, 0.25) is 5.82 Å². The number of hydrogen-bond donors (Lipinski definition) is 2. The zero-order valence-electron chi connectivity index (χ0n) is 5.14. The summed E-state index contributed by atoms with van der Waals surface area (Å²) in [6, 6.07) is 0. The molecule has 1 aromatic heterocycles. The van der Waals surface area contributed by atoms with Crippen molar-refractivity contribution in [2.24, 2.45) is 0 Å². The van der Waals surface area contributed by atoms with Gasteiger partial charge in [-0.05, 0) is 0 Å². The van der Waals surface area contributed by atoms with Gasteiger partial charge in [0.1, 0.15) is 0 Å². The van der Waals surface area contributed by atoms with Crippen LogP contribution < -0.4 is 5.44 Å². The molecule has 0 amide bonds. The van der Waals surface area contributed by atoms with Crippen LogP contribution >= 0.6 is 7.68 Å². The van der Waals surface area contributed by atoms with Crippen LogP contribution in [0.2, 0.25) is 0 Å². The first-order valence-corrected chi connectivity index (χ1v) is 3.71. The van der Waals surface area contributed by atoms with E-state index in [-0.39, 0.29) is 11.3 Å². The van der Waals surface area contributed by atoms with E-state index < -0.39 is 13.6 Å². The summed E-state index contributed by atoms with van der Waals surface area (Å²) in [5.41, 5.74) is -0.197. The number of carboxylic acid groups (broad SMARTS) is 1. The minimum atomic E-state index is -2.78. The lowest BCUT2D eigenvalue weighted by atomic mass is 10.6. The normalized spacial score (nSPS) is 9.45. The summed E-state index contributed by atoms with van der Waals surface area (Å²) in [7, 11) is -2.78. The van der Waals surface area contributed by atoms with E-state index in [9.17, 15) is 13.9 Å². The average molecular weight is 174 g/mol. The molecule has 1 rings (SSSR count). The lowest BCUT2D eigenvalue weighted by molar-refractivity contribution is 0.0685. The molecule has 0 fully saturated rings. The Labute approximate surface area is 61.1 Å². The predicted octanol–water partition coefficient (Wildman–Crippen LogP) is -0.0939. The Hall–Kier alpha value is -1.42. The highest BCUT2D eigenvalue weighted by Gasteiger charge is 2.09. The van der Waals surface area contributed by atoms with Gasteiger partial charge in [-0.15, -0.1) is 0 Å². The monoisotopic (exact) mass is 174 g/mol. The zero-order valence-corrected chi connectivity index (χ0v) is 6.04. The van der Waals surface area contributed by atoms with Crippen LogP contribution in [-0.4, -0.2) is 21.0 Å². The number of nitrogens with zero attached hydrogens (tertiary/aromatic N) is 1. The first-order chi connectivity index (χ1) is 5.11. The summed E-state index contributed by atoms with van der Waals surface area (Å²) in [6.45, 7) is 0. The molecule has 58 valence electrons. The molecule has 0 spiro atoms. The third-order valence-corrected chi connectivity index (χ3v) is 1.58. The maximum absolute atomic E-state index is 10.2. The van der Waals surface area contributed by atoms with Gasteiger partial charge in [0.25, 0.3) is 0 Å². The van der Waals surface area contributed by atoms with Gasteiger partial charge in [-0.3, -0.25) is 0 Å². The molecule has 0 aliphatic carbocycles. The summed E-state index contributed by atoms with van der Waals surface area (Å²) in [5, 5.41) is 8.29. The van der Waals surface area contributed by atoms with Crippen molar-refractivity contribution in [3.05, 3.63) is 12.0 Å². The van der Waals surface area contributed by atoms with Crippen molar-refractivity contribution in [1.29, 1.82) is 0 Å². The largest absolute Gasteiger partial charge is 0.475 e. The van der Waals surface area contributed by atoms with E-state index in [0.29, 0.717) is 0 Å². The number of aromatic nitrogens is 2. The Balaban J connectivity index is 3.09. The lowest BCUT2D eigenvalue weighted by Crippen LogP contribution is -2.01. The van der Waals surface area contributed by atoms with Gasteiger partial charge in [-0.2, -0.15) is 0 Å². The fraction of sp³-hybridized carbons (Fsp3) is 0. The molecular weight excluding hydrogens is 171 g/mol. The predicted molar refractivity (Wildman–Crippen MR) is 33.5 cm³/mol. The van der Waals surface area contributed by atoms with Crippen molar-refractivity contribution < 1.29 is 19.0 Å². The van der Waals surface area contributed by atoms with Crippen LogP contribution in [-0.2, 0) is 9.13 Å². The SMILES string of the molecule is O=C(O)c1ncc(P(=O)=O)[nH]1. The molecule has 0 aliphatic heterocycles. The van der Waals surface area contributed by atoms with Crippen LogP contribution in [0.5, 0.6) is 0 Å². The number of aromatic carboxylic acids is 1. The third kappa shape index (κ3) is 1.53. The van der Waals surface area contributed by atoms with Gasteiger partial charge in [0.05, 0.1) is 6.20 Å². The molecule has 0 saturated heterocycles. The molecule has 0 aliphatic rings. The standard InChI is InChI=1S/C4H3N2O4P/c7-4(8)3-5-1-2(6-3)11(9)10/h1H,(H,5,6)(H,7,8). The van der Waals surface area contributed by atoms with Crippen LogP contribution in [0.25, 0.3) is 0 Å². The van der Waals surface area contributed by atoms with Crippen molar-refractivity contribution in [2.75, 3.05) is 0 Å². The van der Waals surface area contributed by atoms with E-state index in [2.05, 4.69) is 9.97 Å². The molecule has 2 N–H and O–H groups in total. The van der Waals surface area contributed by atoms with Gasteiger partial charge in [-0.1, -0.05) is 0 Å². The van der Waals surface area contributed by atoms with E-state index >= 15 is 0 Å². The second kappa shape index (κ2) is 2.67. The van der Waals surface area contributed by atoms with Gasteiger partial charge >= 0.3 is 13.6 Å². The quantitative estimate of drug-likeness (QED) is 0.610. The molecule has 1 aromatic rings. The van der Waals surface area contributed by atoms with Crippen LogP contribution in [0.3, 0.4) is 0 Å². The topological polar surface area (TPSA) is 100 Å². The number of aromatic amines is 1. The maximum atomic E-state index is 10.2. The van der Waals surface area contributed by atoms with Gasteiger partial charge in [-0.25, -0.2) is 18.9 Å². The first kappa shape index (κ1) is 7.68. The van der Waals surface area contributed by atoms with E-state index in [1.54, 1.807) is 0 Å². The second-order valence-corrected chi connectivity index (χ2v) is 2.68. The molecule has 6 nitrogen and oxygen atoms in total. The van der Waals surface area contributed by atoms with Crippen molar-refractivity contribution in [2.45, 2.75) is 0 Å². The Morgan fingerprint density at radius 3 is 2.55 bits per heavy atom. The van der Waals surface area contributed by atoms with E-state index in [1.807, 2.05) is 0 Å². The molecule has 1 heterocycles. The van der Waals surface area contributed by atoms with Crippen molar-refractivity contribution >= 4 is 19.1 Å². The fourth-order valence-corrected chi connectivity index (χ4v) is 0.862. The number of carbonyl (C=O) groups is 1. The summed E-state index contributed by atoms with van der Waals surface area (Å²) in [4.78, 5) is 15.5. The van der Waals surface area contributed by atoms with Crippen LogP contribution in [0.4, 0.5) is 0 Å². The summed E-state index contributed by atoms with van der Waals surface area (Å²) in [5.74, 6) is -1.66. The maximum Gasteiger partial charge on any atom is 0.371 e. The highest BCUT2D eigenvalue weighted by molar-refractivity contribution is 7.40. The summed E-state index contributed by atoms with van der Waals surface area (Å²) in [6.07, 6.45) is 0.954. The first-order valence-electron chi connectivity index (χ1n) is 2.54. The van der Waals surface area contributed by atoms with E-state index in [1.165, 1.54) is 0 Å². The molecule has 0 saturated carbocycles. The van der Waals surface area contributed by atoms with Crippen molar-refractivity contribution in [3.63, 3.8) is 0 Å². The number of hydrogen-bond acceptors (Lipinski definition) is 4. The Bertz CT molecular complexity index is 345. The minimum absolute atomic E-state index is 0.197. The van der Waals surface area contributed by atoms with Gasteiger partial charge in [0, 0.05) is 0 Å². The van der Waals surface area contributed by atoms with Gasteiger partial charge < -0.3 is 10.1 Å². The number of carboxylic acids is 1. The fourth-order valence-electron chi connectivity index (χ4n) is 0.513.